The zero-order chi connectivity index (χ0) is 19.5. The van der Waals surface area contributed by atoms with Crippen molar-refractivity contribution in [2.75, 3.05) is 7.11 Å². The second kappa shape index (κ2) is 6.15. The maximum absolute atomic E-state index is 13.6. The maximum atomic E-state index is 13.6. The summed E-state index contributed by atoms with van der Waals surface area (Å²) in [6, 6.07) is 7.39. The molecule has 4 heterocycles. The van der Waals surface area contributed by atoms with Gasteiger partial charge in [0.1, 0.15) is 16.9 Å². The van der Waals surface area contributed by atoms with Crippen LogP contribution in [0.15, 0.2) is 35.4 Å². The van der Waals surface area contributed by atoms with Gasteiger partial charge in [-0.05, 0) is 43.2 Å². The highest BCUT2D eigenvalue weighted by Crippen LogP contribution is 2.39. The van der Waals surface area contributed by atoms with E-state index in [-0.39, 0.29) is 11.2 Å². The molecule has 1 aliphatic heterocycles. The normalized spacial score (nSPS) is 19.2. The molecule has 0 spiro atoms. The lowest BCUT2D eigenvalue weighted by Gasteiger charge is -2.32. The summed E-state index contributed by atoms with van der Waals surface area (Å²) in [5.41, 5.74) is 1.51. The first-order chi connectivity index (χ1) is 13.5. The van der Waals surface area contributed by atoms with Crippen LogP contribution in [0.1, 0.15) is 30.7 Å². The van der Waals surface area contributed by atoms with Crippen molar-refractivity contribution in [2.24, 2.45) is 0 Å². The largest absolute Gasteiger partial charge is 0.497 e. The first-order valence-corrected chi connectivity index (χ1v) is 10.0. The Morgan fingerprint density at radius 3 is 2.82 bits per heavy atom. The molecule has 0 saturated carbocycles. The van der Waals surface area contributed by atoms with Gasteiger partial charge in [-0.15, -0.1) is 21.5 Å². The molecule has 5 rings (SSSR count). The molecule has 4 aromatic rings. The molecule has 3 aromatic heterocycles. The van der Waals surface area contributed by atoms with Crippen LogP contribution in [0.4, 0.5) is 0 Å². The van der Waals surface area contributed by atoms with Crippen molar-refractivity contribution >= 4 is 27.3 Å². The Hall–Kier alpha value is -2.71. The number of rotatable bonds is 3. The summed E-state index contributed by atoms with van der Waals surface area (Å²) in [4.78, 5) is 15.6. The highest BCUT2D eigenvalue weighted by atomic mass is 32.1. The van der Waals surface area contributed by atoms with Gasteiger partial charge >= 0.3 is 0 Å². The van der Waals surface area contributed by atoms with Gasteiger partial charge in [-0.3, -0.25) is 9.20 Å². The number of hydrogen-bond acceptors (Lipinski definition) is 6. The molecule has 0 bridgehead atoms. The number of fused-ring (bicyclic) bond motifs is 5. The first-order valence-electron chi connectivity index (χ1n) is 9.22. The third kappa shape index (κ3) is 2.41. The van der Waals surface area contributed by atoms with Crippen molar-refractivity contribution in [1.29, 1.82) is 0 Å². The van der Waals surface area contributed by atoms with Crippen LogP contribution in [0.2, 0.25) is 0 Å². The third-order valence-electron chi connectivity index (χ3n) is 5.62. The number of hydrogen-bond donors (Lipinski definition) is 0. The number of ether oxygens (including phenoxy) is 2. The fraction of sp³-hybridized carbons (Fsp3) is 0.350. The molecule has 144 valence electrons. The molecule has 1 aliphatic rings. The highest BCUT2D eigenvalue weighted by molar-refractivity contribution is 7.18. The summed E-state index contributed by atoms with van der Waals surface area (Å²) >= 11 is 1.59. The van der Waals surface area contributed by atoms with Crippen LogP contribution in [-0.4, -0.2) is 31.9 Å². The maximum Gasteiger partial charge on any atom is 0.268 e. The van der Waals surface area contributed by atoms with Gasteiger partial charge in [-0.1, -0.05) is 6.92 Å². The van der Waals surface area contributed by atoms with Gasteiger partial charge in [-0.25, -0.2) is 4.57 Å². The van der Waals surface area contributed by atoms with Crippen LogP contribution in [0.3, 0.4) is 0 Å². The van der Waals surface area contributed by atoms with E-state index in [0.29, 0.717) is 12.4 Å². The molecule has 7 nitrogen and oxygen atoms in total. The highest BCUT2D eigenvalue weighted by Gasteiger charge is 2.33. The van der Waals surface area contributed by atoms with E-state index in [1.807, 2.05) is 28.7 Å². The van der Waals surface area contributed by atoms with Gasteiger partial charge in [0.2, 0.25) is 5.78 Å². The first kappa shape index (κ1) is 17.4. The molecule has 1 atom stereocenters. The van der Waals surface area contributed by atoms with E-state index in [2.05, 4.69) is 24.0 Å². The van der Waals surface area contributed by atoms with Crippen molar-refractivity contribution in [3.8, 4) is 11.4 Å². The van der Waals surface area contributed by atoms with E-state index in [1.165, 1.54) is 0 Å². The summed E-state index contributed by atoms with van der Waals surface area (Å²) in [5, 5.41) is 9.03. The van der Waals surface area contributed by atoms with Crippen molar-refractivity contribution < 1.29 is 9.47 Å². The average Bonchev–Trinajstić information content (AvgIpc) is 3.33. The summed E-state index contributed by atoms with van der Waals surface area (Å²) in [6.45, 7) is 4.76. The Bertz CT molecular complexity index is 1250. The van der Waals surface area contributed by atoms with Gasteiger partial charge in [0, 0.05) is 11.3 Å². The second-order valence-corrected chi connectivity index (χ2v) is 8.38. The molecule has 0 saturated heterocycles. The quantitative estimate of drug-likeness (QED) is 0.531. The van der Waals surface area contributed by atoms with Crippen LogP contribution >= 0.6 is 11.3 Å². The topological polar surface area (TPSA) is 70.7 Å². The molecule has 0 fully saturated rings. The van der Waals surface area contributed by atoms with E-state index >= 15 is 0 Å². The Kier molecular flexibility index (Phi) is 3.82. The summed E-state index contributed by atoms with van der Waals surface area (Å²) < 4.78 is 14.9. The Labute approximate surface area is 165 Å². The van der Waals surface area contributed by atoms with E-state index in [9.17, 15) is 4.79 Å². The van der Waals surface area contributed by atoms with Gasteiger partial charge in [0.25, 0.3) is 5.56 Å². The van der Waals surface area contributed by atoms with Crippen molar-refractivity contribution in [3.05, 3.63) is 51.4 Å². The minimum absolute atomic E-state index is 0.0708. The number of thiophene rings is 1. The number of aromatic nitrogens is 4. The van der Waals surface area contributed by atoms with Gasteiger partial charge in [0.15, 0.2) is 0 Å². The van der Waals surface area contributed by atoms with Crippen LogP contribution in [0, 0.1) is 0 Å². The van der Waals surface area contributed by atoms with E-state index in [4.69, 9.17) is 9.47 Å². The molecule has 0 radical (unpaired) electrons. The Balaban J connectivity index is 1.83. The minimum atomic E-state index is -0.249. The molecule has 0 N–H and O–H groups in total. The standard InChI is InChI=1S/C20H20N4O3S/c1-4-20(2)9-14-15(10-27-20)28-18-16(14)17(25)24(19-22-21-11-23(18)19)12-5-7-13(26-3)8-6-12/h5-8,11H,4,9-10H2,1-3H3/t20-/m1/s1. The summed E-state index contributed by atoms with van der Waals surface area (Å²) in [7, 11) is 1.62. The van der Waals surface area contributed by atoms with Crippen LogP contribution < -0.4 is 10.3 Å². The monoisotopic (exact) mass is 396 g/mol. The van der Waals surface area contributed by atoms with Gasteiger partial charge < -0.3 is 9.47 Å². The molecule has 0 unspecified atom stereocenters. The molecule has 0 amide bonds. The van der Waals surface area contributed by atoms with Crippen LogP contribution in [0.5, 0.6) is 5.75 Å². The Morgan fingerprint density at radius 2 is 2.11 bits per heavy atom. The van der Waals surface area contributed by atoms with E-state index in [0.717, 1.165) is 44.9 Å². The zero-order valence-corrected chi connectivity index (χ0v) is 16.7. The number of nitrogens with zero attached hydrogens (tertiary/aromatic N) is 4. The molecular formula is C20H20N4O3S. The molecule has 28 heavy (non-hydrogen) atoms. The van der Waals surface area contributed by atoms with Gasteiger partial charge in [0.05, 0.1) is 30.4 Å². The fourth-order valence-electron chi connectivity index (χ4n) is 3.77. The van der Waals surface area contributed by atoms with Crippen LogP contribution in [0.25, 0.3) is 21.7 Å². The molecule has 1 aromatic carbocycles. The second-order valence-electron chi connectivity index (χ2n) is 7.29. The Morgan fingerprint density at radius 1 is 1.32 bits per heavy atom. The number of methoxy groups -OCH3 is 1. The van der Waals surface area contributed by atoms with Gasteiger partial charge in [-0.2, -0.15) is 0 Å². The molecule has 0 aliphatic carbocycles. The average molecular weight is 396 g/mol. The van der Waals surface area contributed by atoms with Crippen LogP contribution in [-0.2, 0) is 17.8 Å². The molecule has 8 heteroatoms. The fourth-order valence-corrected chi connectivity index (χ4v) is 4.96. The predicted octanol–water partition coefficient (Wildman–Crippen LogP) is 3.34. The SMILES string of the molecule is CC[C@]1(C)Cc2c(sc3c2c(=O)n(-c2ccc(OC)cc2)c2nncn32)CO1. The smallest absolute Gasteiger partial charge is 0.268 e. The molecular weight excluding hydrogens is 376 g/mol. The lowest BCUT2D eigenvalue weighted by molar-refractivity contribution is -0.0543. The lowest BCUT2D eigenvalue weighted by atomic mass is 9.90. The van der Waals surface area contributed by atoms with Crippen molar-refractivity contribution in [2.45, 2.75) is 38.9 Å². The van der Waals surface area contributed by atoms with Crippen molar-refractivity contribution in [3.63, 3.8) is 0 Å². The third-order valence-corrected chi connectivity index (χ3v) is 6.82. The van der Waals surface area contributed by atoms with E-state index < -0.39 is 0 Å². The van der Waals surface area contributed by atoms with Crippen molar-refractivity contribution in [1.82, 2.24) is 19.2 Å². The van der Waals surface area contributed by atoms with E-state index in [1.54, 1.807) is 29.3 Å². The predicted molar refractivity (Wildman–Crippen MR) is 108 cm³/mol. The zero-order valence-electron chi connectivity index (χ0n) is 15.9. The number of benzene rings is 1. The minimum Gasteiger partial charge on any atom is -0.497 e. The summed E-state index contributed by atoms with van der Waals surface area (Å²) in [5.74, 6) is 1.24. The lowest BCUT2D eigenvalue weighted by Crippen LogP contribution is -2.34. The summed E-state index contributed by atoms with van der Waals surface area (Å²) in [6.07, 6.45) is 3.29.